The van der Waals surface area contributed by atoms with Crippen molar-refractivity contribution in [2.24, 2.45) is 0 Å². The standard InChI is InChI=1S/C17H13F2N3O/c18-14-6-4-12(5-7-14)10-22-11-16(9-20-22)21-17(23)13-2-1-3-15(19)8-13/h1-9,11H,10H2,(H,21,23). The molecule has 6 heteroatoms. The van der Waals surface area contributed by atoms with E-state index in [1.54, 1.807) is 23.0 Å². The molecule has 1 N–H and O–H groups in total. The Balaban J connectivity index is 1.67. The lowest BCUT2D eigenvalue weighted by atomic mass is 10.2. The number of amides is 1. The van der Waals surface area contributed by atoms with Gasteiger partial charge in [-0.15, -0.1) is 0 Å². The summed E-state index contributed by atoms with van der Waals surface area (Å²) in [5.41, 5.74) is 1.62. The molecule has 3 aromatic rings. The summed E-state index contributed by atoms with van der Waals surface area (Å²) in [4.78, 5) is 12.0. The van der Waals surface area contributed by atoms with Crippen molar-refractivity contribution in [3.05, 3.63) is 83.7 Å². The summed E-state index contributed by atoms with van der Waals surface area (Å²) < 4.78 is 27.6. The number of benzene rings is 2. The zero-order valence-corrected chi connectivity index (χ0v) is 12.0. The molecule has 1 heterocycles. The van der Waals surface area contributed by atoms with Crippen LogP contribution in [0.15, 0.2) is 60.9 Å². The van der Waals surface area contributed by atoms with E-state index in [1.807, 2.05) is 0 Å². The first kappa shape index (κ1) is 14.9. The number of halogens is 2. The van der Waals surface area contributed by atoms with Gasteiger partial charge in [0.2, 0.25) is 0 Å². The Hall–Kier alpha value is -3.02. The lowest BCUT2D eigenvalue weighted by Crippen LogP contribution is -2.11. The number of anilines is 1. The van der Waals surface area contributed by atoms with Crippen LogP contribution in [-0.2, 0) is 6.54 Å². The Bertz CT molecular complexity index is 828. The van der Waals surface area contributed by atoms with Gasteiger partial charge in [0, 0.05) is 11.8 Å². The molecule has 23 heavy (non-hydrogen) atoms. The Morgan fingerprint density at radius 1 is 1.09 bits per heavy atom. The lowest BCUT2D eigenvalue weighted by Gasteiger charge is -2.03. The van der Waals surface area contributed by atoms with Crippen molar-refractivity contribution in [2.45, 2.75) is 6.54 Å². The van der Waals surface area contributed by atoms with Gasteiger partial charge in [0.15, 0.2) is 0 Å². The smallest absolute Gasteiger partial charge is 0.255 e. The first-order valence-corrected chi connectivity index (χ1v) is 6.94. The highest BCUT2D eigenvalue weighted by Crippen LogP contribution is 2.11. The van der Waals surface area contributed by atoms with E-state index in [4.69, 9.17) is 0 Å². The molecule has 0 aliphatic carbocycles. The Kier molecular flexibility index (Phi) is 4.14. The van der Waals surface area contributed by atoms with E-state index in [-0.39, 0.29) is 11.4 Å². The first-order chi connectivity index (χ1) is 11.1. The van der Waals surface area contributed by atoms with Gasteiger partial charge in [-0.1, -0.05) is 18.2 Å². The molecule has 0 bridgehead atoms. The Morgan fingerprint density at radius 2 is 1.87 bits per heavy atom. The number of rotatable bonds is 4. The molecule has 0 fully saturated rings. The highest BCUT2D eigenvalue weighted by Gasteiger charge is 2.08. The van der Waals surface area contributed by atoms with Gasteiger partial charge in [0.1, 0.15) is 11.6 Å². The molecular formula is C17H13F2N3O. The minimum Gasteiger partial charge on any atom is -0.319 e. The predicted molar refractivity (Wildman–Crippen MR) is 82.1 cm³/mol. The van der Waals surface area contributed by atoms with Crippen molar-refractivity contribution in [1.82, 2.24) is 9.78 Å². The molecule has 3 rings (SSSR count). The average Bonchev–Trinajstić information content (AvgIpc) is 2.96. The summed E-state index contributed by atoms with van der Waals surface area (Å²) in [7, 11) is 0. The van der Waals surface area contributed by atoms with Crippen LogP contribution in [0.2, 0.25) is 0 Å². The van der Waals surface area contributed by atoms with Gasteiger partial charge in [-0.25, -0.2) is 8.78 Å². The molecule has 1 amide bonds. The van der Waals surface area contributed by atoms with Gasteiger partial charge in [-0.2, -0.15) is 5.10 Å². The second-order valence-corrected chi connectivity index (χ2v) is 5.02. The van der Waals surface area contributed by atoms with E-state index in [1.165, 1.54) is 36.5 Å². The molecule has 0 unspecified atom stereocenters. The molecule has 0 saturated carbocycles. The molecular weight excluding hydrogens is 300 g/mol. The topological polar surface area (TPSA) is 46.9 Å². The molecule has 0 radical (unpaired) electrons. The average molecular weight is 313 g/mol. The lowest BCUT2D eigenvalue weighted by molar-refractivity contribution is 0.102. The second-order valence-electron chi connectivity index (χ2n) is 5.02. The van der Waals surface area contributed by atoms with Gasteiger partial charge >= 0.3 is 0 Å². The number of hydrogen-bond acceptors (Lipinski definition) is 2. The van der Waals surface area contributed by atoms with Crippen LogP contribution in [0.25, 0.3) is 0 Å². The van der Waals surface area contributed by atoms with Crippen LogP contribution in [0, 0.1) is 11.6 Å². The summed E-state index contributed by atoms with van der Waals surface area (Å²) in [5.74, 6) is -1.17. The molecule has 0 aliphatic heterocycles. The summed E-state index contributed by atoms with van der Waals surface area (Å²) >= 11 is 0. The van der Waals surface area contributed by atoms with Gasteiger partial charge in [0.05, 0.1) is 18.4 Å². The van der Waals surface area contributed by atoms with Gasteiger partial charge in [-0.3, -0.25) is 9.48 Å². The quantitative estimate of drug-likeness (QED) is 0.802. The fraction of sp³-hybridized carbons (Fsp3) is 0.0588. The minimum atomic E-state index is -0.468. The first-order valence-electron chi connectivity index (χ1n) is 6.94. The molecule has 4 nitrogen and oxygen atoms in total. The normalized spacial score (nSPS) is 10.5. The monoisotopic (exact) mass is 313 g/mol. The van der Waals surface area contributed by atoms with Crippen molar-refractivity contribution >= 4 is 11.6 Å². The number of carbonyl (C=O) groups is 1. The SMILES string of the molecule is O=C(Nc1cnn(Cc2ccc(F)cc2)c1)c1cccc(F)c1. The maximum absolute atomic E-state index is 13.1. The van der Waals surface area contributed by atoms with Gasteiger partial charge in [0.25, 0.3) is 5.91 Å². The zero-order valence-electron chi connectivity index (χ0n) is 12.0. The number of nitrogens with one attached hydrogen (secondary N) is 1. The number of carbonyl (C=O) groups excluding carboxylic acids is 1. The molecule has 0 aliphatic rings. The molecule has 2 aromatic carbocycles. The maximum Gasteiger partial charge on any atom is 0.255 e. The van der Waals surface area contributed by atoms with Crippen molar-refractivity contribution in [1.29, 1.82) is 0 Å². The third-order valence-electron chi connectivity index (χ3n) is 3.24. The summed E-state index contributed by atoms with van der Waals surface area (Å²) in [6.07, 6.45) is 3.15. The van der Waals surface area contributed by atoms with Crippen molar-refractivity contribution in [3.63, 3.8) is 0 Å². The zero-order chi connectivity index (χ0) is 16.2. The minimum absolute atomic E-state index is 0.233. The Morgan fingerprint density at radius 3 is 2.61 bits per heavy atom. The maximum atomic E-state index is 13.1. The second kappa shape index (κ2) is 6.39. The highest BCUT2D eigenvalue weighted by atomic mass is 19.1. The van der Waals surface area contributed by atoms with Crippen molar-refractivity contribution in [2.75, 3.05) is 5.32 Å². The van der Waals surface area contributed by atoms with E-state index in [2.05, 4.69) is 10.4 Å². The van der Waals surface area contributed by atoms with E-state index in [9.17, 15) is 13.6 Å². The fourth-order valence-corrected chi connectivity index (χ4v) is 2.12. The Labute approximate surface area is 131 Å². The van der Waals surface area contributed by atoms with E-state index < -0.39 is 11.7 Å². The number of nitrogens with zero attached hydrogens (tertiary/aromatic N) is 2. The van der Waals surface area contributed by atoms with E-state index in [0.29, 0.717) is 12.2 Å². The van der Waals surface area contributed by atoms with Crippen LogP contribution in [0.5, 0.6) is 0 Å². The third kappa shape index (κ3) is 3.79. The van der Waals surface area contributed by atoms with Crippen LogP contribution in [0.1, 0.15) is 15.9 Å². The largest absolute Gasteiger partial charge is 0.319 e. The third-order valence-corrected chi connectivity index (χ3v) is 3.24. The van der Waals surface area contributed by atoms with Crippen molar-refractivity contribution < 1.29 is 13.6 Å². The molecule has 0 spiro atoms. The van der Waals surface area contributed by atoms with Crippen LogP contribution < -0.4 is 5.32 Å². The summed E-state index contributed by atoms with van der Waals surface area (Å²) in [6.45, 7) is 0.454. The number of hydrogen-bond donors (Lipinski definition) is 1. The fourth-order valence-electron chi connectivity index (χ4n) is 2.12. The summed E-state index contributed by atoms with van der Waals surface area (Å²) in [5, 5.41) is 6.78. The molecule has 116 valence electrons. The van der Waals surface area contributed by atoms with E-state index >= 15 is 0 Å². The highest BCUT2D eigenvalue weighted by molar-refractivity contribution is 6.04. The van der Waals surface area contributed by atoms with Crippen molar-refractivity contribution in [3.8, 4) is 0 Å². The van der Waals surface area contributed by atoms with Crippen LogP contribution >= 0.6 is 0 Å². The molecule has 0 atom stereocenters. The van der Waals surface area contributed by atoms with Crippen LogP contribution in [0.4, 0.5) is 14.5 Å². The van der Waals surface area contributed by atoms with Crippen LogP contribution in [0.3, 0.4) is 0 Å². The van der Waals surface area contributed by atoms with Gasteiger partial charge < -0.3 is 5.32 Å². The van der Waals surface area contributed by atoms with E-state index in [0.717, 1.165) is 11.6 Å². The van der Waals surface area contributed by atoms with Crippen LogP contribution in [-0.4, -0.2) is 15.7 Å². The molecule has 0 saturated heterocycles. The van der Waals surface area contributed by atoms with Gasteiger partial charge in [-0.05, 0) is 35.9 Å². The number of aromatic nitrogens is 2. The predicted octanol–water partition coefficient (Wildman–Crippen LogP) is 3.46. The summed E-state index contributed by atoms with van der Waals surface area (Å²) in [6, 6.07) is 11.5. The molecule has 1 aromatic heterocycles.